The largest absolute Gasteiger partial charge is 0.504 e. The summed E-state index contributed by atoms with van der Waals surface area (Å²) in [6.07, 6.45) is 6.56. The van der Waals surface area contributed by atoms with Gasteiger partial charge >= 0.3 is 0 Å². The maximum atomic E-state index is 13.6. The van der Waals surface area contributed by atoms with E-state index in [4.69, 9.17) is 4.74 Å². The number of piperidine rings is 1. The number of methoxy groups -OCH3 is 1. The fourth-order valence-electron chi connectivity index (χ4n) is 7.84. The molecule has 0 radical (unpaired) electrons. The van der Waals surface area contributed by atoms with Crippen molar-refractivity contribution in [3.8, 4) is 11.5 Å². The van der Waals surface area contributed by atoms with E-state index in [1.54, 1.807) is 7.11 Å². The number of likely N-dealkylation sites (N-methyl/N-ethyl adjacent to an activating group) is 1. The van der Waals surface area contributed by atoms with Gasteiger partial charge in [-0.2, -0.15) is 0 Å². The zero-order valence-corrected chi connectivity index (χ0v) is 18.2. The van der Waals surface area contributed by atoms with Crippen LogP contribution in [0.15, 0.2) is 48.0 Å². The average molecular weight is 416 g/mol. The van der Waals surface area contributed by atoms with Gasteiger partial charge in [0.25, 0.3) is 0 Å². The molecule has 160 valence electrons. The van der Waals surface area contributed by atoms with Gasteiger partial charge in [0.1, 0.15) is 5.78 Å². The van der Waals surface area contributed by atoms with Crippen molar-refractivity contribution < 1.29 is 14.6 Å². The summed E-state index contributed by atoms with van der Waals surface area (Å²) in [5.74, 6) is 0.961. The number of hydrogen-bond acceptors (Lipinski definition) is 4. The zero-order valence-electron chi connectivity index (χ0n) is 18.2. The summed E-state index contributed by atoms with van der Waals surface area (Å²) < 4.78 is 5.52. The highest BCUT2D eigenvalue weighted by Crippen LogP contribution is 2.74. The van der Waals surface area contributed by atoms with Crippen LogP contribution in [-0.4, -0.2) is 42.5 Å². The van der Waals surface area contributed by atoms with Crippen LogP contribution in [0.5, 0.6) is 11.5 Å². The van der Waals surface area contributed by atoms with Crippen LogP contribution in [0.4, 0.5) is 0 Å². The van der Waals surface area contributed by atoms with Gasteiger partial charge in [-0.3, -0.25) is 4.79 Å². The Balaban J connectivity index is 1.65. The maximum absolute atomic E-state index is 13.6. The summed E-state index contributed by atoms with van der Waals surface area (Å²) >= 11 is 0. The number of phenols is 1. The van der Waals surface area contributed by atoms with Crippen molar-refractivity contribution in [3.05, 3.63) is 64.7 Å². The highest BCUT2D eigenvalue weighted by molar-refractivity contribution is 5.91. The van der Waals surface area contributed by atoms with E-state index in [9.17, 15) is 9.90 Å². The topological polar surface area (TPSA) is 49.8 Å². The lowest BCUT2D eigenvalue weighted by Crippen LogP contribution is -2.67. The summed E-state index contributed by atoms with van der Waals surface area (Å²) in [7, 11) is 3.85. The quantitative estimate of drug-likeness (QED) is 0.792. The predicted octanol–water partition coefficient (Wildman–Crippen LogP) is 4.35. The molecule has 0 aromatic heterocycles. The molecule has 1 heterocycles. The van der Waals surface area contributed by atoms with Gasteiger partial charge in [-0.15, -0.1) is 0 Å². The molecule has 6 rings (SSSR count). The second-order valence-corrected chi connectivity index (χ2v) is 9.93. The highest BCUT2D eigenvalue weighted by atomic mass is 16.5. The maximum Gasteiger partial charge on any atom is 0.161 e. The number of carbonyl (C=O) groups is 1. The van der Waals surface area contributed by atoms with Crippen molar-refractivity contribution in [3.63, 3.8) is 0 Å². The number of aromatic hydroxyl groups is 1. The summed E-state index contributed by atoms with van der Waals surface area (Å²) in [6, 6.07) is 14.8. The van der Waals surface area contributed by atoms with Crippen LogP contribution < -0.4 is 4.74 Å². The van der Waals surface area contributed by atoms with Gasteiger partial charge in [-0.1, -0.05) is 48.0 Å². The molecule has 4 aliphatic rings. The number of carbonyl (C=O) groups excluding carboxylic acids is 1. The van der Waals surface area contributed by atoms with Crippen molar-refractivity contribution in [1.29, 1.82) is 0 Å². The number of phenolic OH excluding ortho intramolecular Hbond substituents is 1. The molecule has 2 aromatic rings. The van der Waals surface area contributed by atoms with Crippen LogP contribution >= 0.6 is 0 Å². The van der Waals surface area contributed by atoms with Crippen LogP contribution in [0.2, 0.25) is 0 Å². The summed E-state index contributed by atoms with van der Waals surface area (Å²) in [5.41, 5.74) is 4.24. The lowest BCUT2D eigenvalue weighted by Gasteiger charge is -2.64. The second kappa shape index (κ2) is 6.46. The smallest absolute Gasteiger partial charge is 0.161 e. The van der Waals surface area contributed by atoms with Gasteiger partial charge in [-0.25, -0.2) is 0 Å². The number of hydrogen-bond donors (Lipinski definition) is 1. The van der Waals surface area contributed by atoms with E-state index in [0.29, 0.717) is 24.0 Å². The Hall–Kier alpha value is -2.59. The Bertz CT molecular complexity index is 1110. The molecule has 1 N–H and O–H groups in total. The third kappa shape index (κ3) is 2.26. The Kier molecular flexibility index (Phi) is 3.98. The molecule has 0 unspecified atom stereocenters. The van der Waals surface area contributed by atoms with E-state index in [0.717, 1.165) is 43.4 Å². The van der Waals surface area contributed by atoms with Crippen LogP contribution in [0, 0.1) is 11.3 Å². The van der Waals surface area contributed by atoms with E-state index in [1.807, 2.05) is 12.1 Å². The number of Topliss-reactive ketones (excluding diaryl/α,β-unsaturated/α-hetero) is 1. The number of nitrogens with zero attached hydrogens (tertiary/aromatic N) is 1. The molecule has 2 aromatic carbocycles. The molecule has 4 nitrogen and oxygen atoms in total. The Labute approximate surface area is 183 Å². The first-order chi connectivity index (χ1) is 15.0. The third-order valence-electron chi connectivity index (χ3n) is 8.90. The zero-order chi connectivity index (χ0) is 21.4. The normalized spacial score (nSPS) is 35.0. The number of ketones is 1. The molecular weight excluding hydrogens is 386 g/mol. The van der Waals surface area contributed by atoms with E-state index in [1.165, 1.54) is 11.1 Å². The van der Waals surface area contributed by atoms with Crippen molar-refractivity contribution in [2.24, 2.45) is 11.3 Å². The van der Waals surface area contributed by atoms with Gasteiger partial charge < -0.3 is 14.7 Å². The fourth-order valence-corrected chi connectivity index (χ4v) is 7.84. The van der Waals surface area contributed by atoms with E-state index in [-0.39, 0.29) is 22.5 Å². The first-order valence-corrected chi connectivity index (χ1v) is 11.4. The van der Waals surface area contributed by atoms with Gasteiger partial charge in [0.2, 0.25) is 0 Å². The lowest BCUT2D eigenvalue weighted by molar-refractivity contribution is -0.138. The molecule has 0 spiro atoms. The molecule has 4 heteroatoms. The van der Waals surface area contributed by atoms with Crippen LogP contribution in [-0.2, 0) is 16.6 Å². The number of benzene rings is 2. The third-order valence-corrected chi connectivity index (χ3v) is 8.90. The number of rotatable bonds is 2. The van der Waals surface area contributed by atoms with Crippen molar-refractivity contribution in [2.45, 2.75) is 43.6 Å². The fraction of sp³-hybridized carbons (Fsp3) is 0.444. The van der Waals surface area contributed by atoms with Crippen LogP contribution in [0.3, 0.4) is 0 Å². The SMILES string of the molecule is COc1ccc2c(c1O)[C@]13CCN(C)[C@H](C2)[C@]12CCC(=O)[C@H]3/C(=C/c1ccccc1)C2. The van der Waals surface area contributed by atoms with Crippen LogP contribution in [0.25, 0.3) is 6.08 Å². The average Bonchev–Trinajstić information content (AvgIpc) is 2.98. The summed E-state index contributed by atoms with van der Waals surface area (Å²) in [4.78, 5) is 16.1. The minimum Gasteiger partial charge on any atom is -0.504 e. The van der Waals surface area contributed by atoms with Gasteiger partial charge in [-0.05, 0) is 56.5 Å². The van der Waals surface area contributed by atoms with Crippen LogP contribution in [0.1, 0.15) is 42.4 Å². The number of fused-ring (bicyclic) bond motifs is 1. The Morgan fingerprint density at radius 2 is 1.97 bits per heavy atom. The Morgan fingerprint density at radius 1 is 1.16 bits per heavy atom. The predicted molar refractivity (Wildman–Crippen MR) is 120 cm³/mol. The number of likely N-dealkylation sites (tertiary alicyclic amines) is 1. The van der Waals surface area contributed by atoms with Gasteiger partial charge in [0.05, 0.1) is 7.11 Å². The molecule has 1 aliphatic heterocycles. The van der Waals surface area contributed by atoms with Crippen molar-refractivity contribution >= 4 is 11.9 Å². The standard InChI is InChI=1S/C27H29NO3/c1-28-13-12-27-23-19(14-17-6-4-3-5-7-17)16-26(27,11-10-20(23)29)22(28)15-18-8-9-21(31-2)25(30)24(18)27/h3-9,14,22-23,30H,10-13,15-16H2,1-2H3/b19-14+/t22-,23-,26-,27-/m1/s1. The monoisotopic (exact) mass is 415 g/mol. The molecule has 1 saturated heterocycles. The van der Waals surface area contributed by atoms with E-state index in [2.05, 4.69) is 48.4 Å². The molecule has 4 atom stereocenters. The molecule has 2 saturated carbocycles. The first kappa shape index (κ1) is 19.1. The van der Waals surface area contributed by atoms with Gasteiger partial charge in [0.15, 0.2) is 11.5 Å². The molecular formula is C27H29NO3. The van der Waals surface area contributed by atoms with Gasteiger partial charge in [0, 0.05) is 34.8 Å². The summed E-state index contributed by atoms with van der Waals surface area (Å²) in [6.45, 7) is 0.949. The second-order valence-electron chi connectivity index (χ2n) is 9.93. The minimum absolute atomic E-state index is 0.0178. The van der Waals surface area contributed by atoms with Crippen molar-refractivity contribution in [2.75, 3.05) is 20.7 Å². The highest BCUT2D eigenvalue weighted by Gasteiger charge is 2.73. The summed E-state index contributed by atoms with van der Waals surface area (Å²) in [5, 5.41) is 11.4. The first-order valence-electron chi connectivity index (χ1n) is 11.4. The van der Waals surface area contributed by atoms with E-state index < -0.39 is 0 Å². The molecule has 4 bridgehead atoms. The molecule has 3 aliphatic carbocycles. The number of allylic oxidation sites excluding steroid dienone is 1. The Morgan fingerprint density at radius 3 is 2.74 bits per heavy atom. The molecule has 3 fully saturated rings. The van der Waals surface area contributed by atoms with Crippen molar-refractivity contribution in [1.82, 2.24) is 4.90 Å². The lowest BCUT2D eigenvalue weighted by atomic mass is 9.44. The van der Waals surface area contributed by atoms with E-state index >= 15 is 0 Å². The molecule has 31 heavy (non-hydrogen) atoms. The molecule has 0 amide bonds. The number of ether oxygens (including phenoxy) is 1. The minimum atomic E-state index is -0.341.